The highest BCUT2D eigenvalue weighted by molar-refractivity contribution is 5.55. The Labute approximate surface area is 169 Å². The van der Waals surface area contributed by atoms with E-state index >= 15 is 0 Å². The standard InChI is InChI=1S/C22H26N4O3/c1-3-25(4-2)10-6-11-26-14-24-22-20(21(26)23)19(17-7-5-12-28-17)16-9-8-15(27)13-18(16)29-22/h5,7-9,12-14,19,23,27H,3-4,6,10-11H2,1-2H3/t19-/m0/s1. The van der Waals surface area contributed by atoms with Crippen LogP contribution in [0.15, 0.2) is 47.3 Å². The Morgan fingerprint density at radius 2 is 2.07 bits per heavy atom. The second kappa shape index (κ2) is 8.13. The van der Waals surface area contributed by atoms with Crippen molar-refractivity contribution in [1.82, 2.24) is 14.5 Å². The first-order valence-electron chi connectivity index (χ1n) is 10.0. The first-order valence-corrected chi connectivity index (χ1v) is 10.0. The number of benzene rings is 1. The monoisotopic (exact) mass is 394 g/mol. The molecular weight excluding hydrogens is 368 g/mol. The van der Waals surface area contributed by atoms with Gasteiger partial charge in [-0.3, -0.25) is 5.41 Å². The van der Waals surface area contributed by atoms with Crippen LogP contribution >= 0.6 is 0 Å². The van der Waals surface area contributed by atoms with Crippen molar-refractivity contribution in [3.63, 3.8) is 0 Å². The first-order chi connectivity index (χ1) is 14.1. The molecule has 3 heterocycles. The van der Waals surface area contributed by atoms with E-state index in [0.717, 1.165) is 37.4 Å². The van der Waals surface area contributed by atoms with Crippen molar-refractivity contribution in [1.29, 1.82) is 5.41 Å². The number of fused-ring (bicyclic) bond motifs is 2. The summed E-state index contributed by atoms with van der Waals surface area (Å²) < 4.78 is 13.5. The summed E-state index contributed by atoms with van der Waals surface area (Å²) in [4.78, 5) is 6.86. The Kier molecular flexibility index (Phi) is 5.40. The summed E-state index contributed by atoms with van der Waals surface area (Å²) in [5, 5.41) is 18.7. The Morgan fingerprint density at radius 1 is 1.24 bits per heavy atom. The predicted octanol–water partition coefficient (Wildman–Crippen LogP) is 3.68. The molecule has 152 valence electrons. The number of hydrogen-bond acceptors (Lipinski definition) is 6. The minimum Gasteiger partial charge on any atom is -0.508 e. The van der Waals surface area contributed by atoms with Gasteiger partial charge in [0.15, 0.2) is 0 Å². The lowest BCUT2D eigenvalue weighted by atomic mass is 9.87. The number of phenols is 1. The maximum atomic E-state index is 9.87. The molecule has 2 N–H and O–H groups in total. The lowest BCUT2D eigenvalue weighted by Crippen LogP contribution is -2.31. The molecule has 1 aliphatic heterocycles. The molecule has 4 rings (SSSR count). The van der Waals surface area contributed by atoms with Gasteiger partial charge in [0, 0.05) is 18.2 Å². The third-order valence-electron chi connectivity index (χ3n) is 5.49. The molecule has 1 aliphatic rings. The lowest BCUT2D eigenvalue weighted by Gasteiger charge is -2.27. The van der Waals surface area contributed by atoms with E-state index < -0.39 is 0 Å². The smallest absolute Gasteiger partial charge is 0.228 e. The molecule has 0 fully saturated rings. The summed E-state index contributed by atoms with van der Waals surface area (Å²) in [5.41, 5.74) is 1.90. The Hall–Kier alpha value is -3.06. The molecule has 7 heteroatoms. The van der Waals surface area contributed by atoms with Gasteiger partial charge in [-0.15, -0.1) is 0 Å². The Bertz CT molecular complexity index is 1040. The molecule has 0 saturated carbocycles. The second-order valence-electron chi connectivity index (χ2n) is 7.16. The largest absolute Gasteiger partial charge is 0.508 e. The van der Waals surface area contributed by atoms with Gasteiger partial charge in [0.2, 0.25) is 5.88 Å². The molecule has 1 atom stereocenters. The molecule has 0 aliphatic carbocycles. The van der Waals surface area contributed by atoms with E-state index in [1.54, 1.807) is 24.7 Å². The Morgan fingerprint density at radius 3 is 2.79 bits per heavy atom. The van der Waals surface area contributed by atoms with Crippen LogP contribution in [0.25, 0.3) is 0 Å². The average molecular weight is 394 g/mol. The van der Waals surface area contributed by atoms with Crippen LogP contribution in [-0.2, 0) is 6.54 Å². The van der Waals surface area contributed by atoms with Crippen LogP contribution in [0.1, 0.15) is 43.1 Å². The predicted molar refractivity (Wildman–Crippen MR) is 108 cm³/mol. The molecule has 1 aromatic carbocycles. The van der Waals surface area contributed by atoms with Crippen molar-refractivity contribution in [2.24, 2.45) is 0 Å². The summed E-state index contributed by atoms with van der Waals surface area (Å²) in [5.74, 6) is 1.45. The van der Waals surface area contributed by atoms with E-state index in [2.05, 4.69) is 23.7 Å². The maximum absolute atomic E-state index is 9.87. The number of aryl methyl sites for hydroxylation is 1. The summed E-state index contributed by atoms with van der Waals surface area (Å²) >= 11 is 0. The summed E-state index contributed by atoms with van der Waals surface area (Å²) in [7, 11) is 0. The van der Waals surface area contributed by atoms with Crippen molar-refractivity contribution in [3.8, 4) is 17.4 Å². The summed E-state index contributed by atoms with van der Waals surface area (Å²) in [6.07, 6.45) is 4.23. The fourth-order valence-electron chi connectivity index (χ4n) is 3.88. The molecule has 29 heavy (non-hydrogen) atoms. The van der Waals surface area contributed by atoms with E-state index in [0.29, 0.717) is 29.2 Å². The number of phenolic OH excluding ortho intramolecular Hbond substituents is 1. The van der Waals surface area contributed by atoms with Gasteiger partial charge in [-0.25, -0.2) is 4.98 Å². The number of aromatic hydroxyl groups is 1. The molecule has 7 nitrogen and oxygen atoms in total. The quantitative estimate of drug-likeness (QED) is 0.499. The zero-order valence-electron chi connectivity index (χ0n) is 16.8. The van der Waals surface area contributed by atoms with Crippen molar-refractivity contribution < 1.29 is 14.3 Å². The van der Waals surface area contributed by atoms with Crippen LogP contribution < -0.4 is 10.2 Å². The lowest BCUT2D eigenvalue weighted by molar-refractivity contribution is 0.291. The van der Waals surface area contributed by atoms with E-state index in [9.17, 15) is 5.11 Å². The van der Waals surface area contributed by atoms with Gasteiger partial charge in [0.05, 0.1) is 17.7 Å². The molecular formula is C22H26N4O3. The fourth-order valence-corrected chi connectivity index (χ4v) is 3.88. The summed E-state index contributed by atoms with van der Waals surface area (Å²) in [6, 6.07) is 8.75. The van der Waals surface area contributed by atoms with Crippen molar-refractivity contribution in [3.05, 3.63) is 65.3 Å². The van der Waals surface area contributed by atoms with Crippen LogP contribution in [0.2, 0.25) is 0 Å². The molecule has 3 aromatic rings. The van der Waals surface area contributed by atoms with Gasteiger partial charge in [-0.05, 0) is 44.3 Å². The molecule has 0 radical (unpaired) electrons. The maximum Gasteiger partial charge on any atom is 0.228 e. The topological polar surface area (TPSA) is 87.5 Å². The van der Waals surface area contributed by atoms with Crippen molar-refractivity contribution in [2.45, 2.75) is 32.7 Å². The molecule has 0 spiro atoms. The van der Waals surface area contributed by atoms with Crippen LogP contribution in [0, 0.1) is 5.41 Å². The molecule has 0 unspecified atom stereocenters. The van der Waals surface area contributed by atoms with Gasteiger partial charge < -0.3 is 23.7 Å². The minimum atomic E-state index is -0.306. The van der Waals surface area contributed by atoms with Crippen LogP contribution in [0.5, 0.6) is 17.4 Å². The van der Waals surface area contributed by atoms with Gasteiger partial charge in [0.25, 0.3) is 0 Å². The second-order valence-corrected chi connectivity index (χ2v) is 7.16. The SMILES string of the molecule is CCN(CC)CCCn1cnc2c(c1=N)[C@H](c1ccco1)c1ccc(O)cc1O2. The first kappa shape index (κ1) is 19.3. The zero-order chi connectivity index (χ0) is 20.4. The third-order valence-corrected chi connectivity index (χ3v) is 5.49. The van der Waals surface area contributed by atoms with Crippen molar-refractivity contribution in [2.75, 3.05) is 19.6 Å². The number of furan rings is 1. The normalized spacial score (nSPS) is 15.1. The number of aromatic nitrogens is 2. The molecule has 2 aromatic heterocycles. The van der Waals surface area contributed by atoms with Gasteiger partial charge >= 0.3 is 0 Å². The third kappa shape index (κ3) is 3.65. The number of hydrogen-bond donors (Lipinski definition) is 2. The number of ether oxygens (including phenoxy) is 1. The number of rotatable bonds is 7. The van der Waals surface area contributed by atoms with Crippen LogP contribution in [-0.4, -0.2) is 39.2 Å². The van der Waals surface area contributed by atoms with Crippen LogP contribution in [0.4, 0.5) is 0 Å². The average Bonchev–Trinajstić information content (AvgIpc) is 3.25. The minimum absolute atomic E-state index is 0.124. The number of nitrogens with one attached hydrogen (secondary N) is 1. The summed E-state index contributed by atoms with van der Waals surface area (Å²) in [6.45, 7) is 8.06. The zero-order valence-corrected chi connectivity index (χ0v) is 16.8. The molecule has 0 saturated heterocycles. The van der Waals surface area contributed by atoms with Crippen LogP contribution in [0.3, 0.4) is 0 Å². The fraction of sp³-hybridized carbons (Fsp3) is 0.364. The van der Waals surface area contributed by atoms with Gasteiger partial charge in [-0.1, -0.05) is 19.9 Å². The number of nitrogens with zero attached hydrogens (tertiary/aromatic N) is 3. The van der Waals surface area contributed by atoms with Gasteiger partial charge in [0.1, 0.15) is 29.1 Å². The highest BCUT2D eigenvalue weighted by Gasteiger charge is 2.33. The van der Waals surface area contributed by atoms with E-state index in [1.807, 2.05) is 22.8 Å². The Balaban J connectivity index is 1.72. The van der Waals surface area contributed by atoms with Crippen molar-refractivity contribution >= 4 is 0 Å². The molecule has 0 amide bonds. The highest BCUT2D eigenvalue weighted by atomic mass is 16.5. The van der Waals surface area contributed by atoms with E-state index in [4.69, 9.17) is 14.6 Å². The van der Waals surface area contributed by atoms with E-state index in [-0.39, 0.29) is 11.7 Å². The highest BCUT2D eigenvalue weighted by Crippen LogP contribution is 2.45. The molecule has 0 bridgehead atoms. The van der Waals surface area contributed by atoms with E-state index in [1.165, 1.54) is 0 Å². The van der Waals surface area contributed by atoms with Gasteiger partial charge in [-0.2, -0.15) is 0 Å².